The van der Waals surface area contributed by atoms with Gasteiger partial charge in [-0.25, -0.2) is 18.7 Å². The van der Waals surface area contributed by atoms with Gasteiger partial charge in [-0.3, -0.25) is 9.13 Å². The fourth-order valence-corrected chi connectivity index (χ4v) is 9.67. The van der Waals surface area contributed by atoms with Crippen molar-refractivity contribution in [1.82, 2.24) is 19.1 Å². The van der Waals surface area contributed by atoms with Crippen LogP contribution in [-0.2, 0) is 5.41 Å². The second-order valence-corrected chi connectivity index (χ2v) is 18.9. The predicted molar refractivity (Wildman–Crippen MR) is 265 cm³/mol. The molecule has 4 aromatic heterocycles. The molecule has 11 rings (SSSR count). The summed E-state index contributed by atoms with van der Waals surface area (Å²) in [7, 11) is 0. The van der Waals surface area contributed by atoms with Gasteiger partial charge in [-0.15, -0.1) is 0 Å². The lowest BCUT2D eigenvalue weighted by molar-refractivity contribution is 0.484. The zero-order chi connectivity index (χ0) is 45.6. The number of benzene rings is 7. The number of imidazole rings is 1. The maximum atomic E-state index is 15.8. The summed E-state index contributed by atoms with van der Waals surface area (Å²) in [6, 6.07) is 46.7. The lowest BCUT2D eigenvalue weighted by atomic mass is 9.88. The second-order valence-electron chi connectivity index (χ2n) is 18.9. The van der Waals surface area contributed by atoms with Crippen molar-refractivity contribution in [2.75, 3.05) is 0 Å². The number of ether oxygens (including phenoxy) is 1. The van der Waals surface area contributed by atoms with Crippen molar-refractivity contribution in [3.05, 3.63) is 180 Å². The van der Waals surface area contributed by atoms with Crippen LogP contribution < -0.4 is 4.74 Å². The van der Waals surface area contributed by atoms with E-state index in [9.17, 15) is 4.39 Å². The first-order valence-electron chi connectivity index (χ1n) is 22.6. The Morgan fingerprint density at radius 1 is 0.591 bits per heavy atom. The molecular formula is C58H48F2N4O2. The van der Waals surface area contributed by atoms with Gasteiger partial charge in [0, 0.05) is 45.4 Å². The summed E-state index contributed by atoms with van der Waals surface area (Å²) in [6.45, 7) is 15.5. The van der Waals surface area contributed by atoms with Crippen molar-refractivity contribution in [3.8, 4) is 45.5 Å². The van der Waals surface area contributed by atoms with Crippen LogP contribution in [-0.4, -0.2) is 19.1 Å². The van der Waals surface area contributed by atoms with Gasteiger partial charge in [-0.2, -0.15) is 0 Å². The Kier molecular flexibility index (Phi) is 9.69. The van der Waals surface area contributed by atoms with E-state index in [-0.39, 0.29) is 22.8 Å². The smallest absolute Gasteiger partial charge is 0.149 e. The molecule has 7 aromatic carbocycles. The standard InChI is InChI=1S/C58H48F2N4O2/c1-33(2)39-15-12-16-40(34(3)4)55(39)64-50-20-11-9-18-48(50)62-57(64)46-31-38(30-45-54-44(17-13-21-52(54)66-56(45)46)41-24-22-36(59)29-47(41)60)65-37-23-25-43-42-14-8-10-19-49(42)63(51(43)32-37)53-28-35(26-27-61-53)58(5,6)7/h8-34H,1-7H3. The molecule has 0 fully saturated rings. The molecule has 0 saturated carbocycles. The number of fused-ring (bicyclic) bond motifs is 7. The van der Waals surface area contributed by atoms with Crippen LogP contribution in [0.1, 0.15) is 77.0 Å². The fourth-order valence-electron chi connectivity index (χ4n) is 9.67. The first kappa shape index (κ1) is 41.1. The highest BCUT2D eigenvalue weighted by Crippen LogP contribution is 2.46. The third kappa shape index (κ3) is 6.73. The summed E-state index contributed by atoms with van der Waals surface area (Å²) in [5, 5.41) is 3.56. The average molecular weight is 871 g/mol. The second kappa shape index (κ2) is 15.5. The summed E-state index contributed by atoms with van der Waals surface area (Å²) in [4.78, 5) is 10.3. The van der Waals surface area contributed by atoms with E-state index in [0.717, 1.165) is 50.4 Å². The van der Waals surface area contributed by atoms with Crippen molar-refractivity contribution in [2.45, 2.75) is 65.7 Å². The molecule has 0 aliphatic rings. The normalized spacial score (nSPS) is 12.3. The maximum absolute atomic E-state index is 15.8. The number of hydrogen-bond acceptors (Lipinski definition) is 4. The molecule has 0 aliphatic heterocycles. The monoisotopic (exact) mass is 870 g/mol. The van der Waals surface area contributed by atoms with Gasteiger partial charge < -0.3 is 9.15 Å². The van der Waals surface area contributed by atoms with Crippen molar-refractivity contribution in [3.63, 3.8) is 0 Å². The molecule has 8 heteroatoms. The number of furan rings is 1. The first-order chi connectivity index (χ1) is 31.8. The lowest BCUT2D eigenvalue weighted by Crippen LogP contribution is -2.12. The highest BCUT2D eigenvalue weighted by molar-refractivity contribution is 6.16. The Morgan fingerprint density at radius 2 is 1.32 bits per heavy atom. The zero-order valence-electron chi connectivity index (χ0n) is 37.9. The molecule has 11 aromatic rings. The van der Waals surface area contributed by atoms with Crippen LogP contribution in [0.4, 0.5) is 8.78 Å². The largest absolute Gasteiger partial charge is 0.457 e. The summed E-state index contributed by atoms with van der Waals surface area (Å²) in [5.74, 6) is 1.75. The summed E-state index contributed by atoms with van der Waals surface area (Å²) >= 11 is 0. The molecule has 0 N–H and O–H groups in total. The minimum atomic E-state index is -0.663. The van der Waals surface area contributed by atoms with Crippen LogP contribution in [0.5, 0.6) is 11.5 Å². The van der Waals surface area contributed by atoms with Gasteiger partial charge in [0.05, 0.1) is 33.3 Å². The van der Waals surface area contributed by atoms with E-state index in [1.165, 1.54) is 28.8 Å². The average Bonchev–Trinajstić information content (AvgIpc) is 3.98. The van der Waals surface area contributed by atoms with Crippen molar-refractivity contribution >= 4 is 54.8 Å². The topological polar surface area (TPSA) is 58.0 Å². The molecule has 4 heterocycles. The number of rotatable bonds is 8. The quantitative estimate of drug-likeness (QED) is 0.153. The van der Waals surface area contributed by atoms with E-state index >= 15 is 4.39 Å². The van der Waals surface area contributed by atoms with E-state index in [0.29, 0.717) is 50.4 Å². The maximum Gasteiger partial charge on any atom is 0.149 e. The van der Waals surface area contributed by atoms with E-state index in [1.54, 1.807) is 0 Å². The summed E-state index contributed by atoms with van der Waals surface area (Å²) in [6.07, 6.45) is 1.88. The van der Waals surface area contributed by atoms with Crippen LogP contribution >= 0.6 is 0 Å². The molecule has 66 heavy (non-hydrogen) atoms. The third-order valence-electron chi connectivity index (χ3n) is 12.9. The number of hydrogen-bond donors (Lipinski definition) is 0. The first-order valence-corrected chi connectivity index (χ1v) is 22.6. The Morgan fingerprint density at radius 3 is 2.08 bits per heavy atom. The van der Waals surface area contributed by atoms with Crippen molar-refractivity contribution < 1.29 is 17.9 Å². The van der Waals surface area contributed by atoms with Gasteiger partial charge in [0.2, 0.25) is 0 Å². The van der Waals surface area contributed by atoms with Crippen LogP contribution in [0, 0.1) is 11.6 Å². The molecule has 0 atom stereocenters. The molecule has 0 aliphatic carbocycles. The number of nitrogens with zero attached hydrogens (tertiary/aromatic N) is 4. The van der Waals surface area contributed by atoms with Crippen molar-refractivity contribution in [1.29, 1.82) is 0 Å². The Balaban J connectivity index is 1.19. The molecular weight excluding hydrogens is 823 g/mol. The molecule has 0 saturated heterocycles. The molecule has 0 radical (unpaired) electrons. The Hall–Kier alpha value is -7.58. The predicted octanol–water partition coefficient (Wildman–Crippen LogP) is 16.4. The minimum Gasteiger partial charge on any atom is -0.457 e. The van der Waals surface area contributed by atoms with Crippen LogP contribution in [0.3, 0.4) is 0 Å². The molecule has 0 unspecified atom stereocenters. The minimum absolute atomic E-state index is 0.0750. The summed E-state index contributed by atoms with van der Waals surface area (Å²) in [5.41, 5.74) is 11.0. The molecule has 0 bridgehead atoms. The highest BCUT2D eigenvalue weighted by atomic mass is 19.1. The van der Waals surface area contributed by atoms with Gasteiger partial charge in [-0.05, 0) is 112 Å². The van der Waals surface area contributed by atoms with Crippen LogP contribution in [0.2, 0.25) is 0 Å². The Labute approximate surface area is 381 Å². The van der Waals surface area contributed by atoms with E-state index in [4.69, 9.17) is 19.1 Å². The number of aromatic nitrogens is 4. The van der Waals surface area contributed by atoms with Crippen LogP contribution in [0.15, 0.2) is 156 Å². The molecule has 6 nitrogen and oxygen atoms in total. The zero-order valence-corrected chi connectivity index (χ0v) is 37.9. The number of para-hydroxylation sites is 4. The SMILES string of the molecule is CC(C)c1cccc(C(C)C)c1-n1c(-c2cc(Oc3ccc4c5ccccc5n(-c5cc(C(C)(C)C)ccn5)c4c3)cc3c2oc2cccc(-c4ccc(F)cc4F)c23)nc2ccccc21. The molecule has 326 valence electrons. The van der Waals surface area contributed by atoms with Gasteiger partial charge in [-0.1, -0.05) is 109 Å². The summed E-state index contributed by atoms with van der Waals surface area (Å²) < 4.78 is 48.5. The van der Waals surface area contributed by atoms with Gasteiger partial charge in [0.15, 0.2) is 0 Å². The van der Waals surface area contributed by atoms with Gasteiger partial charge >= 0.3 is 0 Å². The number of pyridine rings is 1. The van der Waals surface area contributed by atoms with Gasteiger partial charge in [0.25, 0.3) is 0 Å². The van der Waals surface area contributed by atoms with E-state index in [2.05, 4.69) is 130 Å². The highest BCUT2D eigenvalue weighted by Gasteiger charge is 2.27. The van der Waals surface area contributed by atoms with Gasteiger partial charge in [0.1, 0.15) is 45.9 Å². The number of halogens is 2. The van der Waals surface area contributed by atoms with Crippen molar-refractivity contribution in [2.24, 2.45) is 0 Å². The molecule has 0 amide bonds. The Bertz CT molecular complexity index is 3690. The third-order valence-corrected chi connectivity index (χ3v) is 12.9. The lowest BCUT2D eigenvalue weighted by Gasteiger charge is -2.22. The van der Waals surface area contributed by atoms with Crippen LogP contribution in [0.25, 0.3) is 88.8 Å². The van der Waals surface area contributed by atoms with E-state index in [1.807, 2.05) is 60.8 Å². The fraction of sp³-hybridized carbons (Fsp3) is 0.172. The van der Waals surface area contributed by atoms with E-state index < -0.39 is 11.6 Å². The molecule has 0 spiro atoms.